The zero-order chi connectivity index (χ0) is 24.8. The summed E-state index contributed by atoms with van der Waals surface area (Å²) in [4.78, 5) is 9.02. The van der Waals surface area contributed by atoms with Crippen LogP contribution in [0.25, 0.3) is 11.0 Å². The van der Waals surface area contributed by atoms with Gasteiger partial charge in [-0.1, -0.05) is 23.8 Å². The Morgan fingerprint density at radius 2 is 2.11 bits per heavy atom. The fourth-order valence-corrected chi connectivity index (χ4v) is 5.36. The minimum Gasteiger partial charge on any atom is -0.481 e. The van der Waals surface area contributed by atoms with Crippen LogP contribution < -0.4 is 10.1 Å². The van der Waals surface area contributed by atoms with Gasteiger partial charge in [-0.2, -0.15) is 0 Å². The third kappa shape index (κ3) is 5.97. The lowest BCUT2D eigenvalue weighted by Crippen LogP contribution is -2.46. The quantitative estimate of drug-likeness (QED) is 0.499. The summed E-state index contributed by atoms with van der Waals surface area (Å²) < 4.78 is 16.5. The van der Waals surface area contributed by atoms with Crippen LogP contribution >= 0.6 is 0 Å². The molecule has 1 aliphatic heterocycles. The maximum Gasteiger partial charge on any atom is 0.213 e. The molecule has 0 spiro atoms. The normalized spacial score (nSPS) is 24.4. The van der Waals surface area contributed by atoms with E-state index in [4.69, 9.17) is 14.2 Å². The van der Waals surface area contributed by atoms with Gasteiger partial charge in [-0.25, -0.2) is 4.98 Å². The van der Waals surface area contributed by atoms with Crippen molar-refractivity contribution < 1.29 is 19.3 Å². The van der Waals surface area contributed by atoms with E-state index in [0.717, 1.165) is 73.7 Å². The number of hydrogen-bond donors (Lipinski definition) is 2. The van der Waals surface area contributed by atoms with Crippen LogP contribution in [0.4, 0.5) is 0 Å². The first-order valence-corrected chi connectivity index (χ1v) is 12.9. The monoisotopic (exact) mass is 489 g/mol. The molecule has 2 aromatic rings. The van der Waals surface area contributed by atoms with Crippen molar-refractivity contribution in [3.8, 4) is 5.88 Å². The maximum atomic E-state index is 11.4. The van der Waals surface area contributed by atoms with E-state index in [0.29, 0.717) is 18.3 Å². The molecule has 2 aliphatic carbocycles. The number of nitrogens with one attached hydrogen (secondary N) is 1. The first-order chi connectivity index (χ1) is 17.6. The second-order valence-corrected chi connectivity index (χ2v) is 9.95. The summed E-state index contributed by atoms with van der Waals surface area (Å²) in [6, 6.07) is 6.12. The fourth-order valence-electron chi connectivity index (χ4n) is 5.36. The summed E-state index contributed by atoms with van der Waals surface area (Å²) >= 11 is 0. The molecule has 2 aromatic heterocycles. The van der Waals surface area contributed by atoms with Gasteiger partial charge >= 0.3 is 0 Å². The molecule has 3 heterocycles. The van der Waals surface area contributed by atoms with Crippen LogP contribution in [0.2, 0.25) is 0 Å². The summed E-state index contributed by atoms with van der Waals surface area (Å²) in [6.45, 7) is 0. The van der Waals surface area contributed by atoms with Gasteiger partial charge in [-0.3, -0.25) is 4.98 Å². The number of hydrogen-bond acceptors (Lipinski definition) is 7. The second-order valence-electron chi connectivity index (χ2n) is 9.95. The predicted molar refractivity (Wildman–Crippen MR) is 139 cm³/mol. The molecule has 1 atom stereocenters. The molecule has 190 valence electrons. The van der Waals surface area contributed by atoms with Crippen LogP contribution in [0.5, 0.6) is 5.88 Å². The summed E-state index contributed by atoms with van der Waals surface area (Å²) in [5.74, 6) is 1.39. The van der Waals surface area contributed by atoms with E-state index in [1.54, 1.807) is 25.9 Å². The van der Waals surface area contributed by atoms with Crippen LogP contribution in [0.15, 0.2) is 72.7 Å². The summed E-state index contributed by atoms with van der Waals surface area (Å²) in [5, 5.41) is 15.2. The summed E-state index contributed by atoms with van der Waals surface area (Å²) in [7, 11) is 1.62. The Morgan fingerprint density at radius 1 is 1.22 bits per heavy atom. The van der Waals surface area contributed by atoms with Crippen LogP contribution in [0.1, 0.15) is 56.9 Å². The van der Waals surface area contributed by atoms with Crippen LogP contribution in [-0.2, 0) is 15.9 Å². The van der Waals surface area contributed by atoms with Crippen molar-refractivity contribution in [2.24, 2.45) is 0 Å². The number of pyridine rings is 2. The van der Waals surface area contributed by atoms with Gasteiger partial charge in [-0.05, 0) is 75.5 Å². The first-order valence-electron chi connectivity index (χ1n) is 12.9. The van der Waals surface area contributed by atoms with E-state index in [2.05, 4.69) is 33.5 Å². The Balaban J connectivity index is 1.19. The molecule has 1 fully saturated rings. The van der Waals surface area contributed by atoms with Gasteiger partial charge in [-0.15, -0.1) is 0 Å². The highest BCUT2D eigenvalue weighted by Crippen LogP contribution is 2.34. The van der Waals surface area contributed by atoms with E-state index in [1.807, 2.05) is 24.4 Å². The number of nitrogens with zero attached hydrogens (tertiary/aromatic N) is 2. The van der Waals surface area contributed by atoms with Crippen molar-refractivity contribution in [2.45, 2.75) is 75.5 Å². The topological polar surface area (TPSA) is 85.7 Å². The average Bonchev–Trinajstić information content (AvgIpc) is 2.93. The molecule has 1 saturated carbocycles. The Morgan fingerprint density at radius 3 is 2.86 bits per heavy atom. The molecule has 7 heteroatoms. The molecule has 0 radical (unpaired) electrons. The molecule has 3 aliphatic rings. The lowest BCUT2D eigenvalue weighted by molar-refractivity contribution is -0.0117. The largest absolute Gasteiger partial charge is 0.481 e. The van der Waals surface area contributed by atoms with E-state index >= 15 is 0 Å². The molecule has 0 aromatic carbocycles. The molecule has 5 rings (SSSR count). The van der Waals surface area contributed by atoms with Gasteiger partial charge in [0.1, 0.15) is 18.8 Å². The molecule has 0 saturated heterocycles. The van der Waals surface area contributed by atoms with Crippen molar-refractivity contribution in [1.29, 1.82) is 0 Å². The van der Waals surface area contributed by atoms with E-state index in [1.165, 1.54) is 5.57 Å². The van der Waals surface area contributed by atoms with Gasteiger partial charge in [0.2, 0.25) is 5.88 Å². The minimum absolute atomic E-state index is 0.0492. The van der Waals surface area contributed by atoms with Crippen molar-refractivity contribution >= 4 is 11.0 Å². The van der Waals surface area contributed by atoms with Gasteiger partial charge in [0.25, 0.3) is 0 Å². The Hall–Kier alpha value is -3.16. The number of rotatable bonds is 9. The third-order valence-electron chi connectivity index (χ3n) is 7.50. The van der Waals surface area contributed by atoms with E-state index < -0.39 is 5.60 Å². The van der Waals surface area contributed by atoms with E-state index in [9.17, 15) is 5.11 Å². The number of aromatic nitrogens is 2. The summed E-state index contributed by atoms with van der Waals surface area (Å²) in [5.41, 5.74) is 3.53. The zero-order valence-corrected chi connectivity index (χ0v) is 20.9. The molecular formula is C29H35N3O4. The van der Waals surface area contributed by atoms with Gasteiger partial charge in [0.15, 0.2) is 5.76 Å². The SMILES string of the molecule is COc1ccc2nccc(CCC3(O)CCC(NC(CC4=CC=CCC4)C4=COC=CO4)CC3)c2n1. The highest BCUT2D eigenvalue weighted by atomic mass is 16.5. The van der Waals surface area contributed by atoms with Gasteiger partial charge in [0, 0.05) is 18.3 Å². The Bertz CT molecular complexity index is 1180. The van der Waals surface area contributed by atoms with Gasteiger partial charge in [0.05, 0.1) is 29.8 Å². The van der Waals surface area contributed by atoms with Crippen molar-refractivity contribution in [3.63, 3.8) is 0 Å². The first kappa shape index (κ1) is 24.5. The fraction of sp³-hybridized carbons (Fsp3) is 0.448. The Labute approximate surface area is 212 Å². The Kier molecular flexibility index (Phi) is 7.68. The minimum atomic E-state index is -0.675. The molecular weight excluding hydrogens is 454 g/mol. The van der Waals surface area contributed by atoms with Crippen molar-refractivity contribution in [3.05, 3.63) is 78.3 Å². The predicted octanol–water partition coefficient (Wildman–Crippen LogP) is 5.23. The number of ether oxygens (including phenoxy) is 3. The molecule has 2 N–H and O–H groups in total. The number of allylic oxidation sites excluding steroid dienone is 3. The summed E-state index contributed by atoms with van der Waals surface area (Å²) in [6.07, 6.45) is 21.1. The van der Waals surface area contributed by atoms with Crippen LogP contribution in [0, 0.1) is 0 Å². The van der Waals surface area contributed by atoms with Gasteiger partial charge < -0.3 is 24.6 Å². The number of aryl methyl sites for hydroxylation is 1. The maximum absolute atomic E-state index is 11.4. The molecule has 0 amide bonds. The standard InChI is InChI=1S/C29H35N3O4/c1-34-27-8-7-24-28(32-27)22(12-16-30-24)9-13-29(33)14-10-23(11-15-29)31-25(26-20-35-17-18-36-26)19-21-5-3-2-4-6-21/h2-3,5,7-8,12,16-18,20,23,25,31,33H,4,6,9-11,13-15,19H2,1H3. The number of fused-ring (bicyclic) bond motifs is 1. The zero-order valence-electron chi connectivity index (χ0n) is 20.9. The smallest absolute Gasteiger partial charge is 0.213 e. The van der Waals surface area contributed by atoms with Crippen molar-refractivity contribution in [1.82, 2.24) is 15.3 Å². The molecule has 0 bridgehead atoms. The molecule has 7 nitrogen and oxygen atoms in total. The second kappa shape index (κ2) is 11.3. The number of aliphatic hydroxyl groups is 1. The molecule has 36 heavy (non-hydrogen) atoms. The third-order valence-corrected chi connectivity index (χ3v) is 7.50. The lowest BCUT2D eigenvalue weighted by Gasteiger charge is -2.38. The average molecular weight is 490 g/mol. The van der Waals surface area contributed by atoms with E-state index in [-0.39, 0.29) is 6.04 Å². The van der Waals surface area contributed by atoms with Crippen LogP contribution in [-0.4, -0.2) is 39.9 Å². The lowest BCUT2D eigenvalue weighted by atomic mass is 9.78. The van der Waals surface area contributed by atoms with Crippen LogP contribution in [0.3, 0.4) is 0 Å². The highest BCUT2D eigenvalue weighted by Gasteiger charge is 2.34. The number of methoxy groups -OCH3 is 1. The molecule has 1 unspecified atom stereocenters. The van der Waals surface area contributed by atoms with Crippen molar-refractivity contribution in [2.75, 3.05) is 7.11 Å². The highest BCUT2D eigenvalue weighted by molar-refractivity contribution is 5.78.